The van der Waals surface area contributed by atoms with Crippen LogP contribution in [0, 0.1) is 5.82 Å². The van der Waals surface area contributed by atoms with Gasteiger partial charge in [0.1, 0.15) is 5.82 Å². The molecule has 0 fully saturated rings. The van der Waals surface area contributed by atoms with Crippen LogP contribution in [-0.2, 0) is 6.42 Å². The molecule has 0 aliphatic heterocycles. The summed E-state index contributed by atoms with van der Waals surface area (Å²) in [7, 11) is 0. The molecule has 4 heteroatoms. The van der Waals surface area contributed by atoms with Crippen molar-refractivity contribution in [3.05, 3.63) is 47.7 Å². The van der Waals surface area contributed by atoms with Crippen LogP contribution in [0.1, 0.15) is 23.1 Å². The van der Waals surface area contributed by atoms with Crippen LogP contribution in [0.2, 0.25) is 0 Å². The van der Waals surface area contributed by atoms with Crippen molar-refractivity contribution in [2.45, 2.75) is 13.3 Å². The third kappa shape index (κ3) is 2.36. The van der Waals surface area contributed by atoms with Crippen LogP contribution in [0.15, 0.2) is 30.5 Å². The molecule has 1 heterocycles. The molecule has 0 aliphatic rings. The van der Waals surface area contributed by atoms with Gasteiger partial charge in [-0.15, -0.1) is 0 Å². The number of hydrogen-bond donors (Lipinski definition) is 0. The fraction of sp³-hybridized carbons (Fsp3) is 0.154. The van der Waals surface area contributed by atoms with E-state index >= 15 is 0 Å². The smallest absolute Gasteiger partial charge is 0.193 e. The number of nitrogens with zero attached hydrogens (tertiary/aromatic N) is 2. The minimum absolute atomic E-state index is 0.140. The van der Waals surface area contributed by atoms with Crippen LogP contribution >= 0.6 is 0 Å². The van der Waals surface area contributed by atoms with Crippen molar-refractivity contribution < 1.29 is 9.18 Å². The highest BCUT2D eigenvalue weighted by molar-refractivity contribution is 5.72. The standard InChI is InChI=1S/C13H11FN2O/c1-2-9-7-15-12(8-17)16-13(9)10-3-5-11(14)6-4-10/h3-8H,2H2,1H3. The maximum atomic E-state index is 12.8. The quantitative estimate of drug-likeness (QED) is 0.761. The van der Waals surface area contributed by atoms with E-state index in [0.717, 1.165) is 17.5 Å². The number of aryl methyl sites for hydroxylation is 1. The lowest BCUT2D eigenvalue weighted by atomic mass is 10.1. The van der Waals surface area contributed by atoms with Gasteiger partial charge in [0, 0.05) is 11.8 Å². The van der Waals surface area contributed by atoms with E-state index in [1.54, 1.807) is 18.3 Å². The molecular formula is C13H11FN2O. The number of rotatable bonds is 3. The van der Waals surface area contributed by atoms with Gasteiger partial charge in [-0.05, 0) is 36.2 Å². The van der Waals surface area contributed by atoms with E-state index in [1.807, 2.05) is 6.92 Å². The van der Waals surface area contributed by atoms with E-state index in [4.69, 9.17) is 0 Å². The van der Waals surface area contributed by atoms with Gasteiger partial charge >= 0.3 is 0 Å². The van der Waals surface area contributed by atoms with E-state index in [1.165, 1.54) is 12.1 Å². The number of carbonyl (C=O) groups is 1. The Morgan fingerprint density at radius 1 is 1.29 bits per heavy atom. The number of hydrogen-bond acceptors (Lipinski definition) is 3. The Morgan fingerprint density at radius 3 is 2.59 bits per heavy atom. The highest BCUT2D eigenvalue weighted by atomic mass is 19.1. The summed E-state index contributed by atoms with van der Waals surface area (Å²) in [6.45, 7) is 1.98. The molecular weight excluding hydrogens is 219 g/mol. The van der Waals surface area contributed by atoms with E-state index < -0.39 is 0 Å². The van der Waals surface area contributed by atoms with Gasteiger partial charge < -0.3 is 0 Å². The monoisotopic (exact) mass is 230 g/mol. The summed E-state index contributed by atoms with van der Waals surface area (Å²) in [6, 6.07) is 6.03. The normalized spacial score (nSPS) is 10.2. The average molecular weight is 230 g/mol. The summed E-state index contributed by atoms with van der Waals surface area (Å²) in [5.41, 5.74) is 2.40. The molecule has 0 aliphatic carbocycles. The summed E-state index contributed by atoms with van der Waals surface area (Å²) >= 11 is 0. The van der Waals surface area contributed by atoms with Crippen molar-refractivity contribution in [1.82, 2.24) is 9.97 Å². The predicted octanol–water partition coefficient (Wildman–Crippen LogP) is 2.66. The Morgan fingerprint density at radius 2 is 2.00 bits per heavy atom. The van der Waals surface area contributed by atoms with Gasteiger partial charge in [-0.25, -0.2) is 14.4 Å². The first kappa shape index (κ1) is 11.4. The molecule has 0 N–H and O–H groups in total. The molecule has 0 spiro atoms. The Balaban J connectivity index is 2.55. The second-order valence-electron chi connectivity index (χ2n) is 3.58. The molecule has 3 nitrogen and oxygen atoms in total. The molecule has 17 heavy (non-hydrogen) atoms. The zero-order valence-corrected chi connectivity index (χ0v) is 9.35. The first-order valence-corrected chi connectivity index (χ1v) is 5.31. The van der Waals surface area contributed by atoms with Gasteiger partial charge in [0.05, 0.1) is 5.69 Å². The number of carbonyl (C=O) groups excluding carboxylic acids is 1. The predicted molar refractivity (Wildman–Crippen MR) is 62.2 cm³/mol. The Labute approximate surface area is 98.3 Å². The van der Waals surface area contributed by atoms with Gasteiger partial charge in [0.2, 0.25) is 0 Å². The van der Waals surface area contributed by atoms with Crippen molar-refractivity contribution in [3.8, 4) is 11.3 Å². The van der Waals surface area contributed by atoms with Crippen molar-refractivity contribution in [3.63, 3.8) is 0 Å². The Hall–Kier alpha value is -2.10. The Bertz CT molecular complexity index is 538. The van der Waals surface area contributed by atoms with Crippen LogP contribution in [0.25, 0.3) is 11.3 Å². The SMILES string of the molecule is CCc1cnc(C=O)nc1-c1ccc(F)cc1. The maximum Gasteiger partial charge on any atom is 0.193 e. The van der Waals surface area contributed by atoms with Crippen LogP contribution in [0.3, 0.4) is 0 Å². The van der Waals surface area contributed by atoms with E-state index in [2.05, 4.69) is 9.97 Å². The van der Waals surface area contributed by atoms with Crippen molar-refractivity contribution in [2.75, 3.05) is 0 Å². The molecule has 1 aromatic carbocycles. The summed E-state index contributed by atoms with van der Waals surface area (Å²) in [5, 5.41) is 0. The zero-order chi connectivity index (χ0) is 12.3. The summed E-state index contributed by atoms with van der Waals surface area (Å²) in [4.78, 5) is 18.7. The highest BCUT2D eigenvalue weighted by Crippen LogP contribution is 2.21. The molecule has 86 valence electrons. The third-order valence-corrected chi connectivity index (χ3v) is 2.49. The van der Waals surface area contributed by atoms with Gasteiger partial charge in [0.25, 0.3) is 0 Å². The Kier molecular flexibility index (Phi) is 3.23. The van der Waals surface area contributed by atoms with Crippen LogP contribution in [0.4, 0.5) is 4.39 Å². The second kappa shape index (κ2) is 4.82. The fourth-order valence-electron chi connectivity index (χ4n) is 1.59. The molecule has 2 aromatic rings. The molecule has 1 aromatic heterocycles. The third-order valence-electron chi connectivity index (χ3n) is 2.49. The van der Waals surface area contributed by atoms with E-state index in [0.29, 0.717) is 12.0 Å². The number of aromatic nitrogens is 2. The number of aldehydes is 1. The van der Waals surface area contributed by atoms with Crippen molar-refractivity contribution >= 4 is 6.29 Å². The lowest BCUT2D eigenvalue weighted by Crippen LogP contribution is -1.99. The molecule has 0 saturated carbocycles. The summed E-state index contributed by atoms with van der Waals surface area (Å²) in [6.07, 6.45) is 2.99. The number of benzene rings is 1. The molecule has 0 atom stereocenters. The average Bonchev–Trinajstić information content (AvgIpc) is 2.39. The topological polar surface area (TPSA) is 42.9 Å². The van der Waals surface area contributed by atoms with Gasteiger partial charge in [0.15, 0.2) is 12.1 Å². The lowest BCUT2D eigenvalue weighted by molar-refractivity contribution is 0.111. The molecule has 0 unspecified atom stereocenters. The highest BCUT2D eigenvalue weighted by Gasteiger charge is 2.08. The van der Waals surface area contributed by atoms with Crippen molar-refractivity contribution in [1.29, 1.82) is 0 Å². The van der Waals surface area contributed by atoms with Crippen LogP contribution < -0.4 is 0 Å². The lowest BCUT2D eigenvalue weighted by Gasteiger charge is -2.06. The molecule has 2 rings (SSSR count). The summed E-state index contributed by atoms with van der Waals surface area (Å²) < 4.78 is 12.8. The fourth-order valence-corrected chi connectivity index (χ4v) is 1.59. The second-order valence-corrected chi connectivity index (χ2v) is 3.58. The largest absolute Gasteiger partial charge is 0.294 e. The zero-order valence-electron chi connectivity index (χ0n) is 9.35. The first-order valence-electron chi connectivity index (χ1n) is 5.31. The molecule has 0 radical (unpaired) electrons. The maximum absolute atomic E-state index is 12.8. The van der Waals surface area contributed by atoms with Crippen LogP contribution in [-0.4, -0.2) is 16.3 Å². The minimum Gasteiger partial charge on any atom is -0.294 e. The first-order chi connectivity index (χ1) is 8.24. The van der Waals surface area contributed by atoms with Gasteiger partial charge in [-0.1, -0.05) is 6.92 Å². The molecule has 0 bridgehead atoms. The van der Waals surface area contributed by atoms with E-state index in [-0.39, 0.29) is 11.6 Å². The van der Waals surface area contributed by atoms with Gasteiger partial charge in [-0.3, -0.25) is 4.79 Å². The van der Waals surface area contributed by atoms with Gasteiger partial charge in [-0.2, -0.15) is 0 Å². The molecule has 0 saturated heterocycles. The summed E-state index contributed by atoms with van der Waals surface area (Å²) in [5.74, 6) is -0.155. The van der Waals surface area contributed by atoms with Crippen LogP contribution in [0.5, 0.6) is 0 Å². The number of halogens is 1. The molecule has 0 amide bonds. The minimum atomic E-state index is -0.295. The van der Waals surface area contributed by atoms with E-state index in [9.17, 15) is 9.18 Å². The van der Waals surface area contributed by atoms with Crippen molar-refractivity contribution in [2.24, 2.45) is 0 Å².